The maximum absolute atomic E-state index is 12.3. The first kappa shape index (κ1) is 18.2. The van der Waals surface area contributed by atoms with E-state index in [2.05, 4.69) is 73.9 Å². The molecule has 0 fully saturated rings. The maximum Gasteiger partial charge on any atom is 0.225 e. The third-order valence-electron chi connectivity index (χ3n) is 4.24. The Morgan fingerprint density at radius 2 is 1.58 bits per heavy atom. The number of hydrogen-bond acceptors (Lipinski definition) is 2. The lowest BCUT2D eigenvalue weighted by Crippen LogP contribution is -2.22. The van der Waals surface area contributed by atoms with Gasteiger partial charge < -0.3 is 10.6 Å². The van der Waals surface area contributed by atoms with Crippen molar-refractivity contribution in [2.45, 2.75) is 46.6 Å². The lowest BCUT2D eigenvalue weighted by atomic mass is 10.0. The Labute approximate surface area is 145 Å². The molecule has 24 heavy (non-hydrogen) atoms. The number of nitrogens with one attached hydrogen (secondary N) is 2. The topological polar surface area (TPSA) is 41.1 Å². The molecule has 1 amide bonds. The highest BCUT2D eigenvalue weighted by Gasteiger charge is 2.09. The summed E-state index contributed by atoms with van der Waals surface area (Å²) in [5.41, 5.74) is 5.92. The van der Waals surface area contributed by atoms with E-state index < -0.39 is 0 Å². The van der Waals surface area contributed by atoms with Crippen LogP contribution >= 0.6 is 0 Å². The Morgan fingerprint density at radius 3 is 2.17 bits per heavy atom. The van der Waals surface area contributed by atoms with Crippen molar-refractivity contribution in [2.75, 3.05) is 11.9 Å². The van der Waals surface area contributed by atoms with Crippen LogP contribution in [0.15, 0.2) is 42.5 Å². The van der Waals surface area contributed by atoms with Crippen molar-refractivity contribution in [1.82, 2.24) is 5.32 Å². The molecule has 0 atom stereocenters. The van der Waals surface area contributed by atoms with Crippen molar-refractivity contribution in [3.8, 4) is 0 Å². The second-order valence-electron chi connectivity index (χ2n) is 6.12. The second kappa shape index (κ2) is 9.24. The minimum Gasteiger partial charge on any atom is -0.326 e. The minimum atomic E-state index is 0.0713. The summed E-state index contributed by atoms with van der Waals surface area (Å²) >= 11 is 0. The van der Waals surface area contributed by atoms with Gasteiger partial charge in [0.2, 0.25) is 5.91 Å². The van der Waals surface area contributed by atoms with E-state index in [1.165, 1.54) is 22.3 Å². The highest BCUT2D eigenvalue weighted by atomic mass is 16.1. The number of para-hydroxylation sites is 1. The van der Waals surface area contributed by atoms with Gasteiger partial charge in [0, 0.05) is 25.2 Å². The molecule has 0 aliphatic rings. The zero-order chi connectivity index (χ0) is 17.4. The Balaban J connectivity index is 1.82. The molecule has 0 aromatic heterocycles. The van der Waals surface area contributed by atoms with Gasteiger partial charge in [0.25, 0.3) is 0 Å². The first-order chi connectivity index (χ1) is 11.6. The predicted octanol–water partition coefficient (Wildman–Crippen LogP) is 4.24. The van der Waals surface area contributed by atoms with Crippen LogP contribution in [0.2, 0.25) is 0 Å². The molecule has 128 valence electrons. The third kappa shape index (κ3) is 5.20. The number of aryl methyl sites for hydroxylation is 3. The quantitative estimate of drug-likeness (QED) is 0.713. The Bertz CT molecular complexity index is 640. The summed E-state index contributed by atoms with van der Waals surface area (Å²) in [5, 5.41) is 6.44. The summed E-state index contributed by atoms with van der Waals surface area (Å²) in [5.74, 6) is 0.0713. The number of carbonyl (C=O) groups is 1. The molecule has 2 rings (SSSR count). The molecule has 2 aromatic rings. The van der Waals surface area contributed by atoms with Crippen LogP contribution in [-0.4, -0.2) is 12.5 Å². The number of rotatable bonds is 8. The first-order valence-corrected chi connectivity index (χ1v) is 8.81. The van der Waals surface area contributed by atoms with Gasteiger partial charge in [-0.1, -0.05) is 61.9 Å². The smallest absolute Gasteiger partial charge is 0.225 e. The lowest BCUT2D eigenvalue weighted by Gasteiger charge is -2.14. The third-order valence-corrected chi connectivity index (χ3v) is 4.24. The highest BCUT2D eigenvalue weighted by molar-refractivity contribution is 5.92. The molecule has 0 bridgehead atoms. The zero-order valence-corrected chi connectivity index (χ0v) is 15.0. The molecule has 0 radical (unpaired) electrons. The van der Waals surface area contributed by atoms with Gasteiger partial charge in [-0.3, -0.25) is 4.79 Å². The SMILES string of the molecule is CCc1cccc(CC)c1NC(=O)CCNCc1ccc(C)cc1. The molecule has 2 aromatic carbocycles. The van der Waals surface area contributed by atoms with Gasteiger partial charge in [-0.25, -0.2) is 0 Å². The fourth-order valence-corrected chi connectivity index (χ4v) is 2.75. The molecule has 0 saturated heterocycles. The molecule has 0 saturated carbocycles. The lowest BCUT2D eigenvalue weighted by molar-refractivity contribution is -0.116. The molecular weight excluding hydrogens is 296 g/mol. The summed E-state index contributed by atoms with van der Waals surface area (Å²) < 4.78 is 0. The van der Waals surface area contributed by atoms with Crippen molar-refractivity contribution in [2.24, 2.45) is 0 Å². The van der Waals surface area contributed by atoms with Crippen molar-refractivity contribution in [1.29, 1.82) is 0 Å². The van der Waals surface area contributed by atoms with E-state index >= 15 is 0 Å². The van der Waals surface area contributed by atoms with Crippen molar-refractivity contribution in [3.05, 3.63) is 64.7 Å². The van der Waals surface area contributed by atoms with Crippen molar-refractivity contribution < 1.29 is 4.79 Å². The molecule has 0 unspecified atom stereocenters. The average Bonchev–Trinajstić information content (AvgIpc) is 2.60. The van der Waals surface area contributed by atoms with Crippen LogP contribution in [0.25, 0.3) is 0 Å². The van der Waals surface area contributed by atoms with Gasteiger partial charge in [-0.05, 0) is 36.5 Å². The first-order valence-electron chi connectivity index (χ1n) is 8.81. The van der Waals surface area contributed by atoms with E-state index in [1.54, 1.807) is 0 Å². The maximum atomic E-state index is 12.3. The summed E-state index contributed by atoms with van der Waals surface area (Å²) in [6.07, 6.45) is 2.33. The molecule has 0 heterocycles. The van der Waals surface area contributed by atoms with Crippen LogP contribution in [0.1, 0.15) is 42.5 Å². The number of hydrogen-bond donors (Lipinski definition) is 2. The monoisotopic (exact) mass is 324 g/mol. The summed E-state index contributed by atoms with van der Waals surface area (Å²) in [6, 6.07) is 14.7. The Kier molecular flexibility index (Phi) is 7.01. The fourth-order valence-electron chi connectivity index (χ4n) is 2.75. The van der Waals surface area contributed by atoms with Gasteiger partial charge >= 0.3 is 0 Å². The summed E-state index contributed by atoms with van der Waals surface area (Å²) in [7, 11) is 0. The van der Waals surface area contributed by atoms with E-state index in [4.69, 9.17) is 0 Å². The van der Waals surface area contributed by atoms with E-state index in [0.717, 1.165) is 25.1 Å². The standard InChI is InChI=1S/C21H28N2O/c1-4-18-7-6-8-19(5-2)21(18)23-20(24)13-14-22-15-17-11-9-16(3)10-12-17/h6-12,22H,4-5,13-15H2,1-3H3,(H,23,24). The summed E-state index contributed by atoms with van der Waals surface area (Å²) in [6.45, 7) is 7.79. The fraction of sp³-hybridized carbons (Fsp3) is 0.381. The van der Waals surface area contributed by atoms with E-state index in [-0.39, 0.29) is 5.91 Å². The molecule has 0 aliphatic carbocycles. The van der Waals surface area contributed by atoms with Crippen LogP contribution in [-0.2, 0) is 24.2 Å². The van der Waals surface area contributed by atoms with Gasteiger partial charge in [0.15, 0.2) is 0 Å². The van der Waals surface area contributed by atoms with Crippen molar-refractivity contribution in [3.63, 3.8) is 0 Å². The van der Waals surface area contributed by atoms with Gasteiger partial charge in [-0.15, -0.1) is 0 Å². The highest BCUT2D eigenvalue weighted by Crippen LogP contribution is 2.22. The Hall–Kier alpha value is -2.13. The van der Waals surface area contributed by atoms with E-state index in [1.807, 2.05) is 0 Å². The predicted molar refractivity (Wildman–Crippen MR) is 101 cm³/mol. The van der Waals surface area contributed by atoms with E-state index in [9.17, 15) is 4.79 Å². The van der Waals surface area contributed by atoms with Crippen LogP contribution in [0.5, 0.6) is 0 Å². The van der Waals surface area contributed by atoms with Gasteiger partial charge in [0.05, 0.1) is 0 Å². The van der Waals surface area contributed by atoms with Gasteiger partial charge in [0.1, 0.15) is 0 Å². The zero-order valence-electron chi connectivity index (χ0n) is 15.0. The summed E-state index contributed by atoms with van der Waals surface area (Å²) in [4.78, 5) is 12.3. The van der Waals surface area contributed by atoms with Gasteiger partial charge in [-0.2, -0.15) is 0 Å². The molecule has 0 spiro atoms. The molecule has 3 nitrogen and oxygen atoms in total. The second-order valence-corrected chi connectivity index (χ2v) is 6.12. The molecular formula is C21H28N2O. The molecule has 0 aliphatic heterocycles. The van der Waals surface area contributed by atoms with E-state index in [0.29, 0.717) is 13.0 Å². The number of amides is 1. The van der Waals surface area contributed by atoms with Crippen LogP contribution in [0, 0.1) is 6.92 Å². The molecule has 2 N–H and O–H groups in total. The van der Waals surface area contributed by atoms with Crippen molar-refractivity contribution >= 4 is 11.6 Å². The van der Waals surface area contributed by atoms with Crippen LogP contribution in [0.3, 0.4) is 0 Å². The normalized spacial score (nSPS) is 10.6. The number of anilines is 1. The number of benzene rings is 2. The largest absolute Gasteiger partial charge is 0.326 e. The average molecular weight is 324 g/mol. The minimum absolute atomic E-state index is 0.0713. The van der Waals surface area contributed by atoms with Crippen LogP contribution < -0.4 is 10.6 Å². The van der Waals surface area contributed by atoms with Crippen LogP contribution in [0.4, 0.5) is 5.69 Å². The number of carbonyl (C=O) groups excluding carboxylic acids is 1. The molecule has 3 heteroatoms. The Morgan fingerprint density at radius 1 is 0.958 bits per heavy atom.